The SMILES string of the molecule is CCOc1ccc(SCC(=O)Nc2ccc(N3CCN(C)CC3)c(C)c2)cc1. The van der Waals surface area contributed by atoms with Gasteiger partial charge in [-0.15, -0.1) is 11.8 Å². The summed E-state index contributed by atoms with van der Waals surface area (Å²) in [5.41, 5.74) is 3.31. The fourth-order valence-electron chi connectivity index (χ4n) is 3.28. The van der Waals surface area contributed by atoms with Gasteiger partial charge >= 0.3 is 0 Å². The van der Waals surface area contributed by atoms with Crippen LogP contribution in [0.5, 0.6) is 5.75 Å². The molecule has 1 aliphatic rings. The number of piperazine rings is 1. The summed E-state index contributed by atoms with van der Waals surface area (Å²) >= 11 is 1.52. The second kappa shape index (κ2) is 9.85. The fourth-order valence-corrected chi connectivity index (χ4v) is 3.98. The number of carbonyl (C=O) groups excluding carboxylic acids is 1. The molecule has 2 aromatic rings. The predicted molar refractivity (Wildman–Crippen MR) is 118 cm³/mol. The lowest BCUT2D eigenvalue weighted by molar-refractivity contribution is -0.113. The van der Waals surface area contributed by atoms with Gasteiger partial charge in [0.2, 0.25) is 5.91 Å². The van der Waals surface area contributed by atoms with E-state index < -0.39 is 0 Å². The molecule has 1 N–H and O–H groups in total. The molecule has 150 valence electrons. The van der Waals surface area contributed by atoms with Gasteiger partial charge in [0, 0.05) is 42.4 Å². The lowest BCUT2D eigenvalue weighted by Gasteiger charge is -2.35. The molecule has 0 unspecified atom stereocenters. The summed E-state index contributed by atoms with van der Waals surface area (Å²) in [6.45, 7) is 8.98. The number of ether oxygens (including phenoxy) is 1. The van der Waals surface area contributed by atoms with Gasteiger partial charge in [-0.1, -0.05) is 0 Å². The molecule has 2 aromatic carbocycles. The highest BCUT2D eigenvalue weighted by atomic mass is 32.2. The van der Waals surface area contributed by atoms with Gasteiger partial charge in [0.05, 0.1) is 12.4 Å². The number of thioether (sulfide) groups is 1. The van der Waals surface area contributed by atoms with Crippen LogP contribution in [0, 0.1) is 6.92 Å². The first-order valence-electron chi connectivity index (χ1n) is 9.75. The monoisotopic (exact) mass is 399 g/mol. The van der Waals surface area contributed by atoms with Crippen molar-refractivity contribution in [2.45, 2.75) is 18.7 Å². The van der Waals surface area contributed by atoms with E-state index in [-0.39, 0.29) is 5.91 Å². The highest BCUT2D eigenvalue weighted by molar-refractivity contribution is 8.00. The van der Waals surface area contributed by atoms with Crippen LogP contribution >= 0.6 is 11.8 Å². The van der Waals surface area contributed by atoms with Crippen LogP contribution in [0.1, 0.15) is 12.5 Å². The number of nitrogens with one attached hydrogen (secondary N) is 1. The van der Waals surface area contributed by atoms with Gasteiger partial charge in [-0.3, -0.25) is 4.79 Å². The molecule has 0 atom stereocenters. The number of rotatable bonds is 7. The van der Waals surface area contributed by atoms with Crippen molar-refractivity contribution in [2.75, 3.05) is 55.8 Å². The summed E-state index contributed by atoms with van der Waals surface area (Å²) in [6.07, 6.45) is 0. The topological polar surface area (TPSA) is 44.8 Å². The molecule has 28 heavy (non-hydrogen) atoms. The molecular formula is C22H29N3O2S. The van der Waals surface area contributed by atoms with E-state index in [0.717, 1.165) is 42.5 Å². The van der Waals surface area contributed by atoms with Crippen LogP contribution in [-0.4, -0.2) is 56.4 Å². The fraction of sp³-hybridized carbons (Fsp3) is 0.409. The first-order valence-corrected chi connectivity index (χ1v) is 10.7. The summed E-state index contributed by atoms with van der Waals surface area (Å²) < 4.78 is 5.44. The average molecular weight is 400 g/mol. The van der Waals surface area contributed by atoms with Crippen molar-refractivity contribution in [3.8, 4) is 5.75 Å². The van der Waals surface area contributed by atoms with Gasteiger partial charge in [0.25, 0.3) is 0 Å². The van der Waals surface area contributed by atoms with Crippen LogP contribution in [0.2, 0.25) is 0 Å². The van der Waals surface area contributed by atoms with Crippen molar-refractivity contribution >= 4 is 29.0 Å². The molecule has 5 nitrogen and oxygen atoms in total. The van der Waals surface area contributed by atoms with E-state index in [1.807, 2.05) is 37.3 Å². The Balaban J connectivity index is 1.51. The minimum Gasteiger partial charge on any atom is -0.494 e. The largest absolute Gasteiger partial charge is 0.494 e. The minimum absolute atomic E-state index is 0.00521. The van der Waals surface area contributed by atoms with Gasteiger partial charge in [0.1, 0.15) is 5.75 Å². The summed E-state index contributed by atoms with van der Waals surface area (Å²) in [4.78, 5) is 18.1. The Morgan fingerprint density at radius 2 is 1.82 bits per heavy atom. The van der Waals surface area contributed by atoms with Crippen LogP contribution in [0.4, 0.5) is 11.4 Å². The van der Waals surface area contributed by atoms with E-state index in [4.69, 9.17) is 4.74 Å². The maximum absolute atomic E-state index is 12.3. The molecule has 0 spiro atoms. The van der Waals surface area contributed by atoms with Gasteiger partial charge in [-0.2, -0.15) is 0 Å². The number of amides is 1. The van der Waals surface area contributed by atoms with E-state index in [0.29, 0.717) is 12.4 Å². The van der Waals surface area contributed by atoms with Crippen molar-refractivity contribution in [3.05, 3.63) is 48.0 Å². The number of hydrogen-bond acceptors (Lipinski definition) is 5. The zero-order valence-corrected chi connectivity index (χ0v) is 17.7. The third kappa shape index (κ3) is 5.66. The number of nitrogens with zero attached hydrogens (tertiary/aromatic N) is 2. The molecule has 1 aliphatic heterocycles. The maximum Gasteiger partial charge on any atom is 0.234 e. The van der Waals surface area contributed by atoms with Crippen molar-refractivity contribution in [1.82, 2.24) is 4.90 Å². The molecule has 0 aliphatic carbocycles. The quantitative estimate of drug-likeness (QED) is 0.716. The molecule has 0 aromatic heterocycles. The third-order valence-corrected chi connectivity index (χ3v) is 5.84. The molecule has 3 rings (SSSR count). The molecule has 1 amide bonds. The highest BCUT2D eigenvalue weighted by Gasteiger charge is 2.16. The van der Waals surface area contributed by atoms with E-state index in [2.05, 4.69) is 41.2 Å². The Bertz CT molecular complexity index is 787. The average Bonchev–Trinajstić information content (AvgIpc) is 2.69. The molecule has 1 saturated heterocycles. The number of carbonyl (C=O) groups is 1. The van der Waals surface area contributed by atoms with Crippen LogP contribution in [-0.2, 0) is 4.79 Å². The van der Waals surface area contributed by atoms with E-state index in [9.17, 15) is 4.79 Å². The van der Waals surface area contributed by atoms with Gasteiger partial charge in [-0.25, -0.2) is 0 Å². The number of benzene rings is 2. The number of aryl methyl sites for hydroxylation is 1. The van der Waals surface area contributed by atoms with E-state index >= 15 is 0 Å². The number of hydrogen-bond donors (Lipinski definition) is 1. The highest BCUT2D eigenvalue weighted by Crippen LogP contribution is 2.25. The smallest absolute Gasteiger partial charge is 0.234 e. The van der Waals surface area contributed by atoms with Crippen molar-refractivity contribution < 1.29 is 9.53 Å². The Morgan fingerprint density at radius 1 is 1.11 bits per heavy atom. The lowest BCUT2D eigenvalue weighted by atomic mass is 10.1. The van der Waals surface area contributed by atoms with Gasteiger partial charge in [0.15, 0.2) is 0 Å². The molecule has 1 fully saturated rings. The lowest BCUT2D eigenvalue weighted by Crippen LogP contribution is -2.44. The van der Waals surface area contributed by atoms with Crippen LogP contribution in [0.15, 0.2) is 47.4 Å². The Kier molecular flexibility index (Phi) is 7.23. The molecule has 0 bridgehead atoms. The Morgan fingerprint density at radius 3 is 2.46 bits per heavy atom. The molecule has 6 heteroatoms. The standard InChI is InChI=1S/C22H29N3O2S/c1-4-27-19-6-8-20(9-7-19)28-16-22(26)23-18-5-10-21(17(2)15-18)25-13-11-24(3)12-14-25/h5-10,15H,4,11-14,16H2,1-3H3,(H,23,26). The minimum atomic E-state index is 0.00521. The zero-order chi connectivity index (χ0) is 19.9. The van der Waals surface area contributed by atoms with Crippen LogP contribution in [0.3, 0.4) is 0 Å². The molecular weight excluding hydrogens is 370 g/mol. The maximum atomic E-state index is 12.3. The van der Waals surface area contributed by atoms with Crippen molar-refractivity contribution in [3.63, 3.8) is 0 Å². The second-order valence-electron chi connectivity index (χ2n) is 7.03. The summed E-state index contributed by atoms with van der Waals surface area (Å²) in [5, 5.41) is 3.01. The first kappa shape index (κ1) is 20.6. The van der Waals surface area contributed by atoms with Gasteiger partial charge in [-0.05, 0) is 68.9 Å². The predicted octanol–water partition coefficient (Wildman–Crippen LogP) is 3.88. The molecule has 0 radical (unpaired) electrons. The summed E-state index contributed by atoms with van der Waals surface area (Å²) in [6, 6.07) is 14.0. The second-order valence-corrected chi connectivity index (χ2v) is 8.08. The van der Waals surface area contributed by atoms with Crippen LogP contribution in [0.25, 0.3) is 0 Å². The van der Waals surface area contributed by atoms with E-state index in [1.165, 1.54) is 23.0 Å². The first-order chi connectivity index (χ1) is 13.5. The third-order valence-electron chi connectivity index (χ3n) is 4.83. The number of likely N-dealkylation sites (N-methyl/N-ethyl adjacent to an activating group) is 1. The van der Waals surface area contributed by atoms with Crippen molar-refractivity contribution in [2.24, 2.45) is 0 Å². The summed E-state index contributed by atoms with van der Waals surface area (Å²) in [5.74, 6) is 1.24. The van der Waals surface area contributed by atoms with E-state index in [1.54, 1.807) is 0 Å². The zero-order valence-electron chi connectivity index (χ0n) is 16.9. The molecule has 1 heterocycles. The van der Waals surface area contributed by atoms with Crippen molar-refractivity contribution in [1.29, 1.82) is 0 Å². The summed E-state index contributed by atoms with van der Waals surface area (Å²) in [7, 11) is 2.16. The number of anilines is 2. The van der Waals surface area contributed by atoms with Crippen LogP contribution < -0.4 is 15.0 Å². The molecule has 0 saturated carbocycles. The normalized spacial score (nSPS) is 14.8. The Labute approximate surface area is 172 Å². The Hall–Kier alpha value is -2.18. The van der Waals surface area contributed by atoms with Gasteiger partial charge < -0.3 is 19.9 Å².